The van der Waals surface area contributed by atoms with Crippen LogP contribution in [0.25, 0.3) is 16.8 Å². The number of nitrogens with zero attached hydrogens (tertiary/aromatic N) is 5. The van der Waals surface area contributed by atoms with Crippen molar-refractivity contribution in [3.63, 3.8) is 0 Å². The van der Waals surface area contributed by atoms with Gasteiger partial charge in [-0.2, -0.15) is 0 Å². The van der Waals surface area contributed by atoms with Crippen molar-refractivity contribution in [2.24, 2.45) is 0 Å². The molecule has 1 unspecified atom stereocenters. The number of aryl methyl sites for hydroxylation is 1. The Morgan fingerprint density at radius 2 is 1.65 bits per heavy atom. The van der Waals surface area contributed by atoms with Crippen LogP contribution in [-0.4, -0.2) is 99.0 Å². The summed E-state index contributed by atoms with van der Waals surface area (Å²) in [6.07, 6.45) is 7.40. The second kappa shape index (κ2) is 16.1. The maximum absolute atomic E-state index is 13.1. The fourth-order valence-corrected chi connectivity index (χ4v) is 6.03. The van der Waals surface area contributed by atoms with E-state index in [9.17, 15) is 14.7 Å². The number of likely N-dealkylation sites (N-methyl/N-ethyl adjacent to an activating group) is 1. The topological polar surface area (TPSA) is 134 Å². The number of carbonyl (C=O) groups is 2. The van der Waals surface area contributed by atoms with Crippen LogP contribution in [0.1, 0.15) is 37.4 Å². The summed E-state index contributed by atoms with van der Waals surface area (Å²) in [5, 5.41) is 23.8. The molecule has 1 atom stereocenters. The molecule has 12 nitrogen and oxygen atoms in total. The Bertz CT molecular complexity index is 2030. The number of hydrogen-bond acceptors (Lipinski definition) is 10. The largest absolute Gasteiger partial charge is 0.545 e. The molecule has 1 aliphatic heterocycles. The van der Waals surface area contributed by atoms with Crippen molar-refractivity contribution < 1.29 is 28.9 Å². The van der Waals surface area contributed by atoms with Gasteiger partial charge in [-0.25, -0.2) is 4.68 Å². The molecular formula is C40H43N6O6-. The molecule has 0 fully saturated rings. The van der Waals surface area contributed by atoms with E-state index in [0.717, 1.165) is 39.4 Å². The number of carboxylic acid groups (broad SMARTS) is 1. The van der Waals surface area contributed by atoms with Gasteiger partial charge in [0, 0.05) is 85.6 Å². The van der Waals surface area contributed by atoms with Crippen molar-refractivity contribution in [3.05, 3.63) is 124 Å². The number of ether oxygens (including phenoxy) is 3. The number of aromatic nitrogens is 3. The molecule has 0 saturated carbocycles. The monoisotopic (exact) mass is 703 g/mol. The van der Waals surface area contributed by atoms with Crippen molar-refractivity contribution in [2.45, 2.75) is 19.6 Å². The van der Waals surface area contributed by atoms with Crippen LogP contribution in [0.3, 0.4) is 0 Å². The summed E-state index contributed by atoms with van der Waals surface area (Å²) in [5.74, 6) is -1.16. The van der Waals surface area contributed by atoms with Gasteiger partial charge < -0.3 is 39.2 Å². The number of allylic oxidation sites excluding steroid dienone is 1. The van der Waals surface area contributed by atoms with Gasteiger partial charge in [-0.3, -0.25) is 4.79 Å². The Balaban J connectivity index is 1.04. The predicted octanol–water partition coefficient (Wildman–Crippen LogP) is 3.72. The number of rotatable bonds is 15. The van der Waals surface area contributed by atoms with Gasteiger partial charge in [-0.1, -0.05) is 47.2 Å². The average Bonchev–Trinajstić information content (AvgIpc) is 3.61. The van der Waals surface area contributed by atoms with E-state index in [1.54, 1.807) is 16.8 Å². The number of anilines is 1. The fraction of sp³-hybridized carbons (Fsp3) is 0.300. The molecule has 12 heteroatoms. The number of fused-ring (bicyclic) bond motifs is 2. The van der Waals surface area contributed by atoms with E-state index in [-0.39, 0.29) is 24.3 Å². The second-order valence-corrected chi connectivity index (χ2v) is 13.0. The summed E-state index contributed by atoms with van der Waals surface area (Å²) in [6.45, 7) is 4.29. The number of carboxylic acids is 1. The van der Waals surface area contributed by atoms with Crippen molar-refractivity contribution in [2.75, 3.05) is 66.1 Å². The highest BCUT2D eigenvalue weighted by atomic mass is 16.5. The standard InChI is InChI=1S/C40H44N6O6/c1-26-6-8-27(9-7-26)35-25-46(43-42-35)17-19-51-21-20-50-18-16-41-39(47)28-10-13-31(34(22-28)40(48)49)38-32-14-11-29(44(2)3)23-36(32)52-37-24-30(45(4)5)12-15-33(37)38/h6-15,22-25,36H,16-21H2,1-5H3,(H,41,47)(H,48,49)/p-1. The third-order valence-electron chi connectivity index (χ3n) is 8.90. The summed E-state index contributed by atoms with van der Waals surface area (Å²) in [6, 6.07) is 18.6. The Labute approximate surface area is 303 Å². The van der Waals surface area contributed by atoms with E-state index >= 15 is 0 Å². The maximum atomic E-state index is 13.1. The lowest BCUT2D eigenvalue weighted by atomic mass is 9.83. The maximum Gasteiger partial charge on any atom is 0.251 e. The van der Waals surface area contributed by atoms with Crippen LogP contribution in [0, 0.1) is 6.92 Å². The third kappa shape index (κ3) is 8.25. The van der Waals surface area contributed by atoms with E-state index in [4.69, 9.17) is 14.2 Å². The van der Waals surface area contributed by atoms with Gasteiger partial charge in [0.05, 0.1) is 45.1 Å². The number of aromatic carboxylic acids is 1. The van der Waals surface area contributed by atoms with E-state index in [1.165, 1.54) is 11.6 Å². The van der Waals surface area contributed by atoms with Crippen molar-refractivity contribution in [1.29, 1.82) is 0 Å². The lowest BCUT2D eigenvalue weighted by Gasteiger charge is -2.33. The van der Waals surface area contributed by atoms with E-state index in [2.05, 4.69) is 15.6 Å². The van der Waals surface area contributed by atoms with E-state index in [1.807, 2.05) is 112 Å². The van der Waals surface area contributed by atoms with Gasteiger partial charge in [0.25, 0.3) is 5.91 Å². The molecule has 0 radical (unpaired) electrons. The molecule has 52 heavy (non-hydrogen) atoms. The lowest BCUT2D eigenvalue weighted by Crippen LogP contribution is -2.30. The number of nitrogens with one attached hydrogen (secondary N) is 1. The molecule has 0 bridgehead atoms. The zero-order valence-corrected chi connectivity index (χ0v) is 30.1. The van der Waals surface area contributed by atoms with Crippen molar-refractivity contribution in [1.82, 2.24) is 25.2 Å². The van der Waals surface area contributed by atoms with Gasteiger partial charge in [-0.15, -0.1) is 5.10 Å². The summed E-state index contributed by atoms with van der Waals surface area (Å²) in [7, 11) is 7.81. The normalized spacial score (nSPS) is 14.6. The highest BCUT2D eigenvalue weighted by molar-refractivity contribution is 6.02. The van der Waals surface area contributed by atoms with Crippen molar-refractivity contribution in [3.8, 4) is 17.0 Å². The SMILES string of the molecule is Cc1ccc(-c2cn(CCOCCOCCNC(=O)c3ccc(C4=C5C=CC(N(C)C)=CC5Oc5cc(N(C)C)ccc54)c(C(=O)[O-])c3)nn2)cc1. The molecular weight excluding hydrogens is 660 g/mol. The molecule has 270 valence electrons. The van der Waals surface area contributed by atoms with Gasteiger partial charge >= 0.3 is 0 Å². The zero-order chi connectivity index (χ0) is 36.8. The van der Waals surface area contributed by atoms with Crippen LogP contribution in [-0.2, 0) is 16.0 Å². The van der Waals surface area contributed by atoms with Crippen molar-refractivity contribution >= 4 is 23.1 Å². The first-order chi connectivity index (χ1) is 25.1. The van der Waals surface area contributed by atoms with E-state index in [0.29, 0.717) is 37.7 Å². The second-order valence-electron chi connectivity index (χ2n) is 13.0. The molecule has 2 heterocycles. The molecule has 1 aliphatic carbocycles. The Kier molecular flexibility index (Phi) is 11.2. The molecule has 1 aromatic heterocycles. The Morgan fingerprint density at radius 3 is 2.38 bits per heavy atom. The van der Waals surface area contributed by atoms with Crippen LogP contribution in [0.5, 0.6) is 5.75 Å². The number of benzene rings is 3. The number of amides is 1. The first-order valence-electron chi connectivity index (χ1n) is 17.2. The number of hydrogen-bond donors (Lipinski definition) is 1. The molecule has 3 aromatic carbocycles. The minimum absolute atomic E-state index is 0.0834. The van der Waals surface area contributed by atoms with Gasteiger partial charge in [0.1, 0.15) is 17.5 Å². The fourth-order valence-electron chi connectivity index (χ4n) is 6.03. The van der Waals surface area contributed by atoms with E-state index < -0.39 is 18.0 Å². The molecule has 2 aliphatic rings. The summed E-state index contributed by atoms with van der Waals surface area (Å²) in [4.78, 5) is 29.6. The quantitative estimate of drug-likeness (QED) is 0.183. The average molecular weight is 704 g/mol. The highest BCUT2D eigenvalue weighted by Crippen LogP contribution is 2.44. The predicted molar refractivity (Wildman–Crippen MR) is 197 cm³/mol. The molecule has 0 saturated heterocycles. The minimum atomic E-state index is -1.38. The zero-order valence-electron chi connectivity index (χ0n) is 30.1. The Hall–Kier alpha value is -5.72. The van der Waals surface area contributed by atoms with Crippen LogP contribution in [0.2, 0.25) is 0 Å². The Morgan fingerprint density at radius 1 is 0.904 bits per heavy atom. The van der Waals surface area contributed by atoms with Gasteiger partial charge in [-0.05, 0) is 48.9 Å². The molecule has 1 amide bonds. The third-order valence-corrected chi connectivity index (χ3v) is 8.90. The van der Waals surface area contributed by atoms with Crippen LogP contribution >= 0.6 is 0 Å². The van der Waals surface area contributed by atoms with Crippen LogP contribution in [0.4, 0.5) is 5.69 Å². The molecule has 6 rings (SSSR count). The smallest absolute Gasteiger partial charge is 0.251 e. The molecule has 0 spiro atoms. The van der Waals surface area contributed by atoms with Crippen LogP contribution in [0.15, 0.2) is 96.4 Å². The minimum Gasteiger partial charge on any atom is -0.545 e. The molecule has 1 N–H and O–H groups in total. The van der Waals surface area contributed by atoms with Gasteiger partial charge in [0.15, 0.2) is 0 Å². The van der Waals surface area contributed by atoms with Gasteiger partial charge in [0.2, 0.25) is 0 Å². The highest BCUT2D eigenvalue weighted by Gasteiger charge is 2.31. The van der Waals surface area contributed by atoms with Crippen LogP contribution < -0.4 is 20.1 Å². The summed E-state index contributed by atoms with van der Waals surface area (Å²) in [5.41, 5.74) is 7.80. The lowest BCUT2D eigenvalue weighted by molar-refractivity contribution is -0.255. The number of carbonyl (C=O) groups excluding carboxylic acids is 2. The summed E-state index contributed by atoms with van der Waals surface area (Å²) >= 11 is 0. The first-order valence-corrected chi connectivity index (χ1v) is 17.2. The molecule has 4 aromatic rings. The summed E-state index contributed by atoms with van der Waals surface area (Å²) < 4.78 is 19.5. The first kappa shape index (κ1) is 36.1.